The Morgan fingerprint density at radius 3 is 2.48 bits per heavy atom. The van der Waals surface area contributed by atoms with Crippen molar-refractivity contribution in [3.63, 3.8) is 0 Å². The molecule has 1 aliphatic rings. The van der Waals surface area contributed by atoms with Gasteiger partial charge in [-0.25, -0.2) is 21.6 Å². The molecule has 1 atom stereocenters. The molecule has 1 aliphatic heterocycles. The summed E-state index contributed by atoms with van der Waals surface area (Å²) in [7, 11) is -2.55. The molecule has 1 heterocycles. The third-order valence-electron chi connectivity index (χ3n) is 3.54. The first-order valence-electron chi connectivity index (χ1n) is 6.65. The Bertz CT molecular complexity index is 597. The molecule has 4 nitrogen and oxygen atoms in total. The van der Waals surface area contributed by atoms with Crippen LogP contribution in [0.25, 0.3) is 0 Å². The van der Waals surface area contributed by atoms with E-state index < -0.39 is 32.4 Å². The van der Waals surface area contributed by atoms with E-state index in [4.69, 9.17) is 0 Å². The lowest BCUT2D eigenvalue weighted by Crippen LogP contribution is -2.42. The SMILES string of the molecule is CNC[C@H]1CCCN(S(=O)(=O)c2c(F)cc(F)cc2F)C1. The van der Waals surface area contributed by atoms with Gasteiger partial charge >= 0.3 is 0 Å². The van der Waals surface area contributed by atoms with Crippen molar-refractivity contribution in [2.75, 3.05) is 26.7 Å². The molecule has 1 fully saturated rings. The number of sulfonamides is 1. The van der Waals surface area contributed by atoms with Crippen molar-refractivity contribution in [3.8, 4) is 0 Å². The van der Waals surface area contributed by atoms with Gasteiger partial charge in [-0.15, -0.1) is 0 Å². The fourth-order valence-electron chi connectivity index (χ4n) is 2.60. The molecule has 8 heteroatoms. The van der Waals surface area contributed by atoms with Crippen molar-refractivity contribution in [1.29, 1.82) is 0 Å². The molecule has 1 N–H and O–H groups in total. The van der Waals surface area contributed by atoms with Crippen LogP contribution in [-0.2, 0) is 10.0 Å². The van der Waals surface area contributed by atoms with Crippen molar-refractivity contribution in [1.82, 2.24) is 9.62 Å². The zero-order valence-corrected chi connectivity index (χ0v) is 12.4. The third-order valence-corrected chi connectivity index (χ3v) is 5.45. The molecule has 21 heavy (non-hydrogen) atoms. The van der Waals surface area contributed by atoms with Crippen LogP contribution in [0, 0.1) is 23.4 Å². The molecule has 1 aromatic carbocycles. The lowest BCUT2D eigenvalue weighted by atomic mass is 10.00. The van der Waals surface area contributed by atoms with Crippen molar-refractivity contribution in [2.45, 2.75) is 17.7 Å². The monoisotopic (exact) mass is 322 g/mol. The van der Waals surface area contributed by atoms with Crippen LogP contribution in [0.2, 0.25) is 0 Å². The standard InChI is InChI=1S/C13H17F3N2O2S/c1-17-7-9-3-2-4-18(8-9)21(19,20)13-11(15)5-10(14)6-12(13)16/h5-6,9,17H,2-4,7-8H2,1H3/t9-/m1/s1. The van der Waals surface area contributed by atoms with Crippen molar-refractivity contribution >= 4 is 10.0 Å². The highest BCUT2D eigenvalue weighted by Crippen LogP contribution is 2.27. The normalized spacial score (nSPS) is 20.7. The van der Waals surface area contributed by atoms with E-state index in [1.54, 1.807) is 7.05 Å². The maximum Gasteiger partial charge on any atom is 0.248 e. The van der Waals surface area contributed by atoms with E-state index in [1.807, 2.05) is 0 Å². The predicted molar refractivity (Wildman–Crippen MR) is 71.7 cm³/mol. The molecule has 1 aromatic rings. The zero-order chi connectivity index (χ0) is 15.6. The quantitative estimate of drug-likeness (QED) is 0.918. The third kappa shape index (κ3) is 3.38. The van der Waals surface area contributed by atoms with Crippen LogP contribution in [0.15, 0.2) is 17.0 Å². The van der Waals surface area contributed by atoms with Gasteiger partial charge in [0, 0.05) is 25.2 Å². The van der Waals surface area contributed by atoms with Gasteiger partial charge < -0.3 is 5.32 Å². The summed E-state index contributed by atoms with van der Waals surface area (Å²) in [6.07, 6.45) is 1.47. The molecule has 0 aliphatic carbocycles. The molecule has 0 saturated carbocycles. The molecular formula is C13H17F3N2O2S. The average Bonchev–Trinajstić information content (AvgIpc) is 2.37. The van der Waals surface area contributed by atoms with Gasteiger partial charge in [0.1, 0.15) is 17.5 Å². The zero-order valence-electron chi connectivity index (χ0n) is 11.6. The Kier molecular flexibility index (Phi) is 4.90. The summed E-state index contributed by atoms with van der Waals surface area (Å²) >= 11 is 0. The minimum atomic E-state index is -4.30. The summed E-state index contributed by atoms with van der Waals surface area (Å²) in [5, 5.41) is 2.96. The molecule has 0 unspecified atom stereocenters. The topological polar surface area (TPSA) is 49.4 Å². The maximum absolute atomic E-state index is 13.7. The minimum absolute atomic E-state index is 0.0881. The van der Waals surface area contributed by atoms with Crippen LogP contribution in [0.5, 0.6) is 0 Å². The van der Waals surface area contributed by atoms with Gasteiger partial charge in [0.15, 0.2) is 4.90 Å². The molecule has 1 saturated heterocycles. The van der Waals surface area contributed by atoms with Gasteiger partial charge in [-0.1, -0.05) is 0 Å². The number of piperidine rings is 1. The highest BCUT2D eigenvalue weighted by atomic mass is 32.2. The van der Waals surface area contributed by atoms with Crippen LogP contribution in [0.3, 0.4) is 0 Å². The lowest BCUT2D eigenvalue weighted by Gasteiger charge is -2.32. The summed E-state index contributed by atoms with van der Waals surface area (Å²) < 4.78 is 66.2. The van der Waals surface area contributed by atoms with Crippen LogP contribution in [0.1, 0.15) is 12.8 Å². The van der Waals surface area contributed by atoms with Crippen molar-refractivity contribution in [2.24, 2.45) is 5.92 Å². The van der Waals surface area contributed by atoms with Crippen LogP contribution < -0.4 is 5.32 Å². The van der Waals surface area contributed by atoms with E-state index in [0.29, 0.717) is 25.1 Å². The number of hydrogen-bond donors (Lipinski definition) is 1. The Morgan fingerprint density at radius 2 is 1.90 bits per heavy atom. The van der Waals surface area contributed by atoms with E-state index in [-0.39, 0.29) is 19.0 Å². The largest absolute Gasteiger partial charge is 0.319 e. The first-order chi connectivity index (χ1) is 9.86. The summed E-state index contributed by atoms with van der Waals surface area (Å²) in [5.74, 6) is -3.85. The highest BCUT2D eigenvalue weighted by Gasteiger charge is 2.34. The molecule has 0 radical (unpaired) electrons. The predicted octanol–water partition coefficient (Wildman–Crippen LogP) is 1.72. The van der Waals surface area contributed by atoms with Crippen molar-refractivity contribution < 1.29 is 21.6 Å². The summed E-state index contributed by atoms with van der Waals surface area (Å²) in [4.78, 5) is -1.07. The van der Waals surface area contributed by atoms with Gasteiger partial charge in [0.05, 0.1) is 0 Å². The average molecular weight is 322 g/mol. The van der Waals surface area contributed by atoms with E-state index in [2.05, 4.69) is 5.32 Å². The maximum atomic E-state index is 13.7. The molecule has 0 amide bonds. The smallest absolute Gasteiger partial charge is 0.248 e. The second-order valence-corrected chi connectivity index (χ2v) is 7.00. The van der Waals surface area contributed by atoms with Gasteiger partial charge in [0.2, 0.25) is 10.0 Å². The molecule has 0 spiro atoms. The minimum Gasteiger partial charge on any atom is -0.319 e. The Balaban J connectivity index is 2.34. The molecule has 2 rings (SSSR count). The van der Waals surface area contributed by atoms with Gasteiger partial charge in [-0.05, 0) is 32.4 Å². The highest BCUT2D eigenvalue weighted by molar-refractivity contribution is 7.89. The van der Waals surface area contributed by atoms with Crippen LogP contribution in [-0.4, -0.2) is 39.4 Å². The number of halogens is 3. The molecule has 0 bridgehead atoms. The van der Waals surface area contributed by atoms with E-state index in [9.17, 15) is 21.6 Å². The molecule has 0 aromatic heterocycles. The summed E-state index contributed by atoms with van der Waals surface area (Å²) in [5.41, 5.74) is 0. The number of nitrogens with one attached hydrogen (secondary N) is 1. The van der Waals surface area contributed by atoms with Crippen LogP contribution in [0.4, 0.5) is 13.2 Å². The summed E-state index contributed by atoms with van der Waals surface area (Å²) in [6, 6.07) is 0.760. The number of benzene rings is 1. The Morgan fingerprint density at radius 1 is 1.29 bits per heavy atom. The fourth-order valence-corrected chi connectivity index (χ4v) is 4.25. The first-order valence-corrected chi connectivity index (χ1v) is 8.09. The Labute approximate surface area is 122 Å². The van der Waals surface area contributed by atoms with Gasteiger partial charge in [0.25, 0.3) is 0 Å². The van der Waals surface area contributed by atoms with E-state index in [1.165, 1.54) is 0 Å². The Hall–Kier alpha value is -1.12. The first kappa shape index (κ1) is 16.3. The van der Waals surface area contributed by atoms with Gasteiger partial charge in [-0.2, -0.15) is 4.31 Å². The van der Waals surface area contributed by atoms with E-state index >= 15 is 0 Å². The van der Waals surface area contributed by atoms with E-state index in [0.717, 1.165) is 10.7 Å². The fraction of sp³-hybridized carbons (Fsp3) is 0.538. The number of hydrogen-bond acceptors (Lipinski definition) is 3. The second-order valence-electron chi connectivity index (χ2n) is 5.13. The van der Waals surface area contributed by atoms with Crippen molar-refractivity contribution in [3.05, 3.63) is 29.6 Å². The lowest BCUT2D eigenvalue weighted by molar-refractivity contribution is 0.262. The second kappa shape index (κ2) is 6.33. The van der Waals surface area contributed by atoms with Crippen LogP contribution >= 0.6 is 0 Å². The molecule has 118 valence electrons. The number of rotatable bonds is 4. The molecular weight excluding hydrogens is 305 g/mol. The number of nitrogens with zero attached hydrogens (tertiary/aromatic N) is 1. The van der Waals surface area contributed by atoms with Gasteiger partial charge in [-0.3, -0.25) is 0 Å². The summed E-state index contributed by atoms with van der Waals surface area (Å²) in [6.45, 7) is 1.03.